The maximum atomic E-state index is 12.6. The highest BCUT2D eigenvalue weighted by Gasteiger charge is 2.36. The number of nitro benzene ring substituents is 1. The molecule has 1 aromatic carbocycles. The monoisotopic (exact) mass is 424 g/mol. The number of ether oxygens (including phenoxy) is 1. The van der Waals surface area contributed by atoms with Crippen LogP contribution in [0.4, 0.5) is 5.69 Å². The summed E-state index contributed by atoms with van der Waals surface area (Å²) in [5.74, 6) is 3.72. The van der Waals surface area contributed by atoms with Crippen LogP contribution in [0.1, 0.15) is 31.9 Å². The number of rotatable bonds is 7. The molecule has 11 heteroatoms. The van der Waals surface area contributed by atoms with E-state index in [0.717, 1.165) is 0 Å². The first-order chi connectivity index (χ1) is 14.1. The average molecular weight is 424 g/mol. The van der Waals surface area contributed by atoms with Crippen LogP contribution < -0.4 is 5.90 Å². The summed E-state index contributed by atoms with van der Waals surface area (Å²) in [4.78, 5) is 43.6. The van der Waals surface area contributed by atoms with Gasteiger partial charge in [0, 0.05) is 44.4 Å². The first-order valence-electron chi connectivity index (χ1n) is 9.52. The van der Waals surface area contributed by atoms with Crippen LogP contribution in [0.2, 0.25) is 0 Å². The van der Waals surface area contributed by atoms with Gasteiger partial charge in [0.2, 0.25) is 0 Å². The predicted octanol–water partition coefficient (Wildman–Crippen LogP) is 0.332. The molecule has 1 aliphatic rings. The molecule has 2 rings (SSSR count). The van der Waals surface area contributed by atoms with Crippen molar-refractivity contribution in [2.45, 2.75) is 45.6 Å². The third-order valence-corrected chi connectivity index (χ3v) is 4.58. The minimum atomic E-state index is -1.54. The summed E-state index contributed by atoms with van der Waals surface area (Å²) in [7, 11) is 0. The molecule has 1 atom stereocenters. The summed E-state index contributed by atoms with van der Waals surface area (Å²) in [6.45, 7) is 6.60. The van der Waals surface area contributed by atoms with E-state index in [0.29, 0.717) is 43.9 Å². The second-order valence-electron chi connectivity index (χ2n) is 8.03. The van der Waals surface area contributed by atoms with Gasteiger partial charge in [-0.15, -0.1) is 0 Å². The number of carbonyl (C=O) groups is 2. The van der Waals surface area contributed by atoms with Gasteiger partial charge in [-0.1, -0.05) is 0 Å². The summed E-state index contributed by atoms with van der Waals surface area (Å²) in [6.07, 6.45) is -1.54. The Morgan fingerprint density at radius 3 is 2.40 bits per heavy atom. The fraction of sp³-hybridized carbons (Fsp3) is 0.579. The minimum absolute atomic E-state index is 0.0211. The second-order valence-corrected chi connectivity index (χ2v) is 8.03. The van der Waals surface area contributed by atoms with Crippen LogP contribution in [-0.4, -0.2) is 69.6 Å². The highest BCUT2D eigenvalue weighted by molar-refractivity contribution is 6.01. The molecule has 0 bridgehead atoms. The van der Waals surface area contributed by atoms with E-state index in [1.165, 1.54) is 17.0 Å². The quantitative estimate of drug-likeness (QED) is 0.273. The third-order valence-electron chi connectivity index (χ3n) is 4.58. The van der Waals surface area contributed by atoms with Gasteiger partial charge < -0.3 is 14.7 Å². The fourth-order valence-electron chi connectivity index (χ4n) is 3.14. The molecule has 1 saturated heterocycles. The maximum absolute atomic E-state index is 12.6. The maximum Gasteiger partial charge on any atom is 0.347 e. The molecule has 1 unspecified atom stereocenters. The molecule has 1 fully saturated rings. The number of nitro groups is 1. The van der Waals surface area contributed by atoms with Crippen molar-refractivity contribution in [3.63, 3.8) is 0 Å². The Labute approximate surface area is 174 Å². The summed E-state index contributed by atoms with van der Waals surface area (Å²) >= 11 is 0. The van der Waals surface area contributed by atoms with Crippen LogP contribution in [0.15, 0.2) is 18.2 Å². The van der Waals surface area contributed by atoms with E-state index in [1.54, 1.807) is 26.8 Å². The summed E-state index contributed by atoms with van der Waals surface area (Å²) in [5.41, 5.74) is 0.269. The fourth-order valence-corrected chi connectivity index (χ4v) is 3.14. The lowest BCUT2D eigenvalue weighted by Crippen LogP contribution is -2.54. The first kappa shape index (κ1) is 23.7. The molecule has 3 N–H and O–H groups in total. The normalized spacial score (nSPS) is 16.2. The van der Waals surface area contributed by atoms with Crippen molar-refractivity contribution in [1.29, 1.82) is 0 Å². The standard InChI is InChI=1S/C19H28N4O7/c1-19(2,3)29-18(26)16(30-20)17(25)22-8-6-21(7-9-22)11-14-10-13(12-24)4-5-15(14)23(27)28/h4-5,10,16,24H,6-9,11-12,20H2,1-3H3. The summed E-state index contributed by atoms with van der Waals surface area (Å²) in [6, 6.07) is 4.50. The number of piperazine rings is 1. The molecule has 0 aromatic heterocycles. The van der Waals surface area contributed by atoms with E-state index < -0.39 is 28.5 Å². The lowest BCUT2D eigenvalue weighted by atomic mass is 10.1. The molecule has 166 valence electrons. The molecule has 30 heavy (non-hydrogen) atoms. The number of nitrogens with two attached hydrogens (primary N) is 1. The lowest BCUT2D eigenvalue weighted by molar-refractivity contribution is -0.385. The number of nitrogens with zero attached hydrogens (tertiary/aromatic N) is 3. The van der Waals surface area contributed by atoms with Gasteiger partial charge in [-0.25, -0.2) is 10.7 Å². The molecular weight excluding hydrogens is 396 g/mol. The number of hydrogen-bond acceptors (Lipinski definition) is 9. The highest BCUT2D eigenvalue weighted by Crippen LogP contribution is 2.23. The zero-order valence-electron chi connectivity index (χ0n) is 17.4. The van der Waals surface area contributed by atoms with Crippen molar-refractivity contribution >= 4 is 17.6 Å². The van der Waals surface area contributed by atoms with Crippen LogP contribution in [-0.2, 0) is 32.3 Å². The Morgan fingerprint density at radius 1 is 1.27 bits per heavy atom. The zero-order valence-corrected chi connectivity index (χ0v) is 17.4. The van der Waals surface area contributed by atoms with Crippen molar-refractivity contribution in [1.82, 2.24) is 9.80 Å². The topological polar surface area (TPSA) is 148 Å². The third kappa shape index (κ3) is 6.20. The van der Waals surface area contributed by atoms with Gasteiger partial charge in [0.15, 0.2) is 0 Å². The van der Waals surface area contributed by atoms with E-state index in [9.17, 15) is 24.8 Å². The molecule has 0 saturated carbocycles. The van der Waals surface area contributed by atoms with Crippen molar-refractivity contribution in [2.24, 2.45) is 5.90 Å². The number of aliphatic hydroxyl groups excluding tert-OH is 1. The van der Waals surface area contributed by atoms with Crippen LogP contribution in [0.3, 0.4) is 0 Å². The number of amides is 1. The second kappa shape index (κ2) is 9.94. The molecule has 0 spiro atoms. The van der Waals surface area contributed by atoms with Crippen molar-refractivity contribution in [3.8, 4) is 0 Å². The SMILES string of the molecule is CC(C)(C)OC(=O)C(ON)C(=O)N1CCN(Cc2cc(CO)ccc2[N+](=O)[O-])CC1. The van der Waals surface area contributed by atoms with E-state index in [1.807, 2.05) is 4.90 Å². The number of aliphatic hydroxyl groups is 1. The highest BCUT2D eigenvalue weighted by atomic mass is 16.7. The van der Waals surface area contributed by atoms with E-state index in [4.69, 9.17) is 10.6 Å². The van der Waals surface area contributed by atoms with Gasteiger partial charge in [0.05, 0.1) is 11.5 Å². The average Bonchev–Trinajstić information content (AvgIpc) is 2.67. The van der Waals surface area contributed by atoms with Gasteiger partial charge >= 0.3 is 5.97 Å². The van der Waals surface area contributed by atoms with E-state index in [2.05, 4.69) is 4.84 Å². The lowest BCUT2D eigenvalue weighted by Gasteiger charge is -2.35. The Bertz CT molecular complexity index is 786. The van der Waals surface area contributed by atoms with Crippen LogP contribution in [0, 0.1) is 10.1 Å². The minimum Gasteiger partial charge on any atom is -0.458 e. The molecule has 1 aliphatic heterocycles. The first-order valence-corrected chi connectivity index (χ1v) is 9.52. The Balaban J connectivity index is 2.00. The van der Waals surface area contributed by atoms with Crippen LogP contribution >= 0.6 is 0 Å². The number of hydrogen-bond donors (Lipinski definition) is 2. The predicted molar refractivity (Wildman–Crippen MR) is 106 cm³/mol. The van der Waals surface area contributed by atoms with Gasteiger partial charge in [0.25, 0.3) is 17.7 Å². The van der Waals surface area contributed by atoms with Crippen molar-refractivity contribution in [2.75, 3.05) is 26.2 Å². The summed E-state index contributed by atoms with van der Waals surface area (Å²) < 4.78 is 5.17. The smallest absolute Gasteiger partial charge is 0.347 e. The van der Waals surface area contributed by atoms with Gasteiger partial charge in [-0.2, -0.15) is 0 Å². The molecule has 11 nitrogen and oxygen atoms in total. The Kier molecular flexibility index (Phi) is 7.84. The number of esters is 1. The molecule has 1 amide bonds. The van der Waals surface area contributed by atoms with Gasteiger partial charge in [-0.3, -0.25) is 24.6 Å². The van der Waals surface area contributed by atoms with Gasteiger partial charge in [-0.05, 0) is 38.5 Å². The van der Waals surface area contributed by atoms with Crippen molar-refractivity contribution in [3.05, 3.63) is 39.4 Å². The largest absolute Gasteiger partial charge is 0.458 e. The molecule has 0 radical (unpaired) electrons. The van der Waals surface area contributed by atoms with E-state index in [-0.39, 0.29) is 12.3 Å². The van der Waals surface area contributed by atoms with Crippen molar-refractivity contribution < 1.29 is 29.2 Å². The zero-order chi connectivity index (χ0) is 22.5. The Hall–Kier alpha value is -2.60. The number of benzene rings is 1. The summed E-state index contributed by atoms with van der Waals surface area (Å²) in [5, 5.41) is 20.6. The Morgan fingerprint density at radius 2 is 1.90 bits per heavy atom. The molecule has 0 aliphatic carbocycles. The number of carbonyl (C=O) groups excluding carboxylic acids is 2. The van der Waals surface area contributed by atoms with Crippen LogP contribution in [0.25, 0.3) is 0 Å². The van der Waals surface area contributed by atoms with Gasteiger partial charge in [0.1, 0.15) is 5.60 Å². The molecule has 1 aromatic rings. The molecule has 1 heterocycles. The molecular formula is C19H28N4O7. The van der Waals surface area contributed by atoms with Crippen LogP contribution in [0.5, 0.6) is 0 Å². The van der Waals surface area contributed by atoms with E-state index >= 15 is 0 Å².